The van der Waals surface area contributed by atoms with Crippen LogP contribution in [0.4, 0.5) is 0 Å². The fourth-order valence-electron chi connectivity index (χ4n) is 2.23. The number of nitrogens with zero attached hydrogens (tertiary/aromatic N) is 2. The van der Waals surface area contributed by atoms with Crippen molar-refractivity contribution in [2.45, 2.75) is 46.1 Å². The average Bonchev–Trinajstić information content (AvgIpc) is 2.71. The number of rotatable bonds is 6. The van der Waals surface area contributed by atoms with E-state index in [2.05, 4.69) is 43.4 Å². The topological polar surface area (TPSA) is 39.7 Å². The highest BCUT2D eigenvalue weighted by molar-refractivity contribution is 5.79. The van der Waals surface area contributed by atoms with Gasteiger partial charge in [0, 0.05) is 19.1 Å². The zero-order valence-electron chi connectivity index (χ0n) is 12.5. The Morgan fingerprint density at radius 3 is 2.72 bits per heavy atom. The van der Waals surface area contributed by atoms with E-state index in [-0.39, 0.29) is 0 Å². The van der Waals surface area contributed by atoms with Gasteiger partial charge in [-0.3, -0.25) is 4.99 Å². The van der Waals surface area contributed by atoms with Gasteiger partial charge in [0.1, 0.15) is 0 Å². The molecule has 1 saturated heterocycles. The minimum Gasteiger partial charge on any atom is -0.357 e. The van der Waals surface area contributed by atoms with Gasteiger partial charge in [-0.1, -0.05) is 13.8 Å². The molecule has 0 aliphatic carbocycles. The van der Waals surface area contributed by atoms with Gasteiger partial charge in [0.2, 0.25) is 0 Å². The van der Waals surface area contributed by atoms with E-state index in [9.17, 15) is 0 Å². The lowest BCUT2D eigenvalue weighted by Crippen LogP contribution is -2.39. The zero-order chi connectivity index (χ0) is 13.4. The number of nitrogens with one attached hydrogen (secondary N) is 2. The number of likely N-dealkylation sites (N-methyl/N-ethyl adjacent to an activating group) is 1. The molecule has 0 bridgehead atoms. The molecule has 1 atom stereocenters. The molecule has 0 aromatic carbocycles. The van der Waals surface area contributed by atoms with E-state index >= 15 is 0 Å². The van der Waals surface area contributed by atoms with Gasteiger partial charge in [0.15, 0.2) is 5.96 Å². The summed E-state index contributed by atoms with van der Waals surface area (Å²) in [5.74, 6) is 1.71. The standard InChI is InChI=1S/C14H30N4/c1-5-15-14(16-9-8-12(2)3)17-11-13-7-6-10-18(13)4/h12-13H,5-11H2,1-4H3,(H2,15,16,17). The molecule has 0 radical (unpaired) electrons. The van der Waals surface area contributed by atoms with E-state index in [4.69, 9.17) is 4.99 Å². The Morgan fingerprint density at radius 2 is 2.17 bits per heavy atom. The molecule has 2 N–H and O–H groups in total. The van der Waals surface area contributed by atoms with Crippen molar-refractivity contribution in [1.82, 2.24) is 15.5 Å². The van der Waals surface area contributed by atoms with Crippen molar-refractivity contribution in [3.05, 3.63) is 0 Å². The van der Waals surface area contributed by atoms with Crippen LogP contribution in [0.25, 0.3) is 0 Å². The van der Waals surface area contributed by atoms with Crippen LogP contribution in [0.1, 0.15) is 40.0 Å². The van der Waals surface area contributed by atoms with Gasteiger partial charge in [0.05, 0.1) is 6.54 Å². The molecule has 0 spiro atoms. The van der Waals surface area contributed by atoms with Crippen LogP contribution in [0.2, 0.25) is 0 Å². The SMILES string of the molecule is CCNC(=NCC1CCCN1C)NCCC(C)C. The predicted molar refractivity (Wildman–Crippen MR) is 79.1 cm³/mol. The van der Waals surface area contributed by atoms with E-state index in [1.807, 2.05) is 0 Å². The molecule has 4 heteroatoms. The second kappa shape index (κ2) is 8.35. The lowest BCUT2D eigenvalue weighted by Gasteiger charge is -2.18. The van der Waals surface area contributed by atoms with Crippen molar-refractivity contribution in [3.8, 4) is 0 Å². The predicted octanol–water partition coefficient (Wildman–Crippen LogP) is 1.68. The fourth-order valence-corrected chi connectivity index (χ4v) is 2.23. The van der Waals surface area contributed by atoms with Crippen molar-refractivity contribution < 1.29 is 0 Å². The molecule has 4 nitrogen and oxygen atoms in total. The highest BCUT2D eigenvalue weighted by Crippen LogP contribution is 2.14. The van der Waals surface area contributed by atoms with E-state index in [1.54, 1.807) is 0 Å². The third-order valence-corrected chi connectivity index (χ3v) is 3.49. The Labute approximate surface area is 112 Å². The summed E-state index contributed by atoms with van der Waals surface area (Å²) in [7, 11) is 2.20. The minimum absolute atomic E-state index is 0.630. The third kappa shape index (κ3) is 5.71. The molecule has 1 heterocycles. The summed E-state index contributed by atoms with van der Waals surface area (Å²) in [5.41, 5.74) is 0. The van der Waals surface area contributed by atoms with Gasteiger partial charge >= 0.3 is 0 Å². The Morgan fingerprint density at radius 1 is 1.39 bits per heavy atom. The molecular formula is C14H30N4. The van der Waals surface area contributed by atoms with Crippen molar-refractivity contribution in [1.29, 1.82) is 0 Å². The van der Waals surface area contributed by atoms with Crippen LogP contribution >= 0.6 is 0 Å². The normalized spacial score (nSPS) is 21.6. The van der Waals surface area contributed by atoms with Crippen LogP contribution in [-0.4, -0.2) is 50.1 Å². The van der Waals surface area contributed by atoms with Crippen molar-refractivity contribution >= 4 is 5.96 Å². The van der Waals surface area contributed by atoms with Gasteiger partial charge in [-0.05, 0) is 45.7 Å². The molecule has 1 fully saturated rings. The lowest BCUT2D eigenvalue weighted by molar-refractivity contribution is 0.317. The van der Waals surface area contributed by atoms with Crippen LogP contribution in [0, 0.1) is 5.92 Å². The summed E-state index contributed by atoms with van der Waals surface area (Å²) >= 11 is 0. The van der Waals surface area contributed by atoms with Crippen LogP contribution in [0.15, 0.2) is 4.99 Å². The maximum absolute atomic E-state index is 4.70. The number of aliphatic imine (C=N–C) groups is 1. The number of hydrogen-bond acceptors (Lipinski definition) is 2. The van der Waals surface area contributed by atoms with Crippen LogP contribution in [-0.2, 0) is 0 Å². The summed E-state index contributed by atoms with van der Waals surface area (Å²) in [6, 6.07) is 0.630. The maximum Gasteiger partial charge on any atom is 0.191 e. The molecule has 1 unspecified atom stereocenters. The second-order valence-electron chi connectivity index (χ2n) is 5.61. The number of guanidine groups is 1. The van der Waals surface area contributed by atoms with E-state index in [0.717, 1.165) is 31.5 Å². The quantitative estimate of drug-likeness (QED) is 0.560. The Balaban J connectivity index is 2.34. The largest absolute Gasteiger partial charge is 0.357 e. The van der Waals surface area contributed by atoms with Crippen LogP contribution in [0.5, 0.6) is 0 Å². The van der Waals surface area contributed by atoms with Gasteiger partial charge in [0.25, 0.3) is 0 Å². The Bertz CT molecular complexity index is 250. The van der Waals surface area contributed by atoms with E-state index < -0.39 is 0 Å². The molecule has 1 aliphatic rings. The Hall–Kier alpha value is -0.770. The van der Waals surface area contributed by atoms with Crippen molar-refractivity contribution in [3.63, 3.8) is 0 Å². The van der Waals surface area contributed by atoms with Crippen molar-refractivity contribution in [2.24, 2.45) is 10.9 Å². The molecule has 1 rings (SSSR count). The molecule has 1 aliphatic heterocycles. The molecule has 18 heavy (non-hydrogen) atoms. The summed E-state index contributed by atoms with van der Waals surface area (Å²) in [4.78, 5) is 7.11. The first-order valence-corrected chi connectivity index (χ1v) is 7.36. The Kier molecular flexibility index (Phi) is 7.09. The first-order valence-electron chi connectivity index (χ1n) is 7.36. The zero-order valence-corrected chi connectivity index (χ0v) is 12.5. The smallest absolute Gasteiger partial charge is 0.191 e. The van der Waals surface area contributed by atoms with Gasteiger partial charge in [-0.25, -0.2) is 0 Å². The first-order chi connectivity index (χ1) is 8.63. The van der Waals surface area contributed by atoms with Crippen LogP contribution in [0.3, 0.4) is 0 Å². The molecule has 0 aromatic rings. The fraction of sp³-hybridized carbons (Fsp3) is 0.929. The minimum atomic E-state index is 0.630. The molecule has 0 amide bonds. The average molecular weight is 254 g/mol. The summed E-state index contributed by atoms with van der Waals surface area (Å²) in [5, 5.41) is 6.73. The molecule has 0 aromatic heterocycles. The molecule has 106 valence electrons. The first kappa shape index (κ1) is 15.3. The summed E-state index contributed by atoms with van der Waals surface area (Å²) in [6.07, 6.45) is 3.78. The van der Waals surface area contributed by atoms with E-state index in [0.29, 0.717) is 6.04 Å². The third-order valence-electron chi connectivity index (χ3n) is 3.49. The maximum atomic E-state index is 4.70. The summed E-state index contributed by atoms with van der Waals surface area (Å²) < 4.78 is 0. The highest BCUT2D eigenvalue weighted by atomic mass is 15.2. The van der Waals surface area contributed by atoms with Gasteiger partial charge in [-0.2, -0.15) is 0 Å². The van der Waals surface area contributed by atoms with Gasteiger partial charge < -0.3 is 15.5 Å². The highest BCUT2D eigenvalue weighted by Gasteiger charge is 2.20. The van der Waals surface area contributed by atoms with E-state index in [1.165, 1.54) is 25.8 Å². The lowest BCUT2D eigenvalue weighted by atomic mass is 10.1. The summed E-state index contributed by atoms with van der Waals surface area (Å²) in [6.45, 7) is 10.7. The van der Waals surface area contributed by atoms with Crippen LogP contribution < -0.4 is 10.6 Å². The van der Waals surface area contributed by atoms with Crippen molar-refractivity contribution in [2.75, 3.05) is 33.2 Å². The monoisotopic (exact) mass is 254 g/mol. The second-order valence-corrected chi connectivity index (χ2v) is 5.61. The molecule has 0 saturated carbocycles. The number of likely N-dealkylation sites (tertiary alicyclic amines) is 1. The number of hydrogen-bond donors (Lipinski definition) is 2. The van der Waals surface area contributed by atoms with Gasteiger partial charge in [-0.15, -0.1) is 0 Å². The molecular weight excluding hydrogens is 224 g/mol.